The molecule has 0 atom stereocenters. The Hall–Kier alpha value is -1.55. The lowest BCUT2D eigenvalue weighted by atomic mass is 10.1. The average Bonchev–Trinajstić information content (AvgIpc) is 2.61. The van der Waals surface area contributed by atoms with Crippen LogP contribution in [0.25, 0.3) is 0 Å². The minimum atomic E-state index is 0.253. The maximum Gasteiger partial charge on any atom is 0.223 e. The number of benzene rings is 1. The summed E-state index contributed by atoms with van der Waals surface area (Å²) in [5.74, 6) is 0.253. The Bertz CT molecular complexity index is 474. The maximum atomic E-state index is 12.1. The van der Waals surface area contributed by atoms with Crippen LogP contribution in [0.1, 0.15) is 31.2 Å². The van der Waals surface area contributed by atoms with Crippen molar-refractivity contribution in [2.75, 3.05) is 44.3 Å². The summed E-state index contributed by atoms with van der Waals surface area (Å²) in [4.78, 5) is 16.5. The fourth-order valence-corrected chi connectivity index (χ4v) is 3.25. The summed E-state index contributed by atoms with van der Waals surface area (Å²) in [5.41, 5.74) is 2.57. The minimum Gasteiger partial charge on any atom is -0.378 e. The van der Waals surface area contributed by atoms with Crippen molar-refractivity contribution in [3.8, 4) is 0 Å². The number of anilines is 1. The molecular weight excluding hydrogens is 276 g/mol. The number of piperidine rings is 1. The maximum absolute atomic E-state index is 12.1. The number of aryl methyl sites for hydroxylation is 1. The Morgan fingerprint density at radius 1 is 0.955 bits per heavy atom. The third kappa shape index (κ3) is 4.01. The molecule has 120 valence electrons. The van der Waals surface area contributed by atoms with Crippen LogP contribution < -0.4 is 4.90 Å². The molecule has 2 saturated heterocycles. The predicted octanol–water partition coefficient (Wildman–Crippen LogP) is 2.47. The van der Waals surface area contributed by atoms with Gasteiger partial charge in [0.25, 0.3) is 0 Å². The number of rotatable bonds is 4. The highest BCUT2D eigenvalue weighted by molar-refractivity contribution is 5.76. The van der Waals surface area contributed by atoms with Gasteiger partial charge in [-0.05, 0) is 43.4 Å². The molecule has 1 amide bonds. The van der Waals surface area contributed by atoms with Crippen LogP contribution in [0.4, 0.5) is 5.69 Å². The molecule has 0 spiro atoms. The van der Waals surface area contributed by atoms with Gasteiger partial charge in [-0.3, -0.25) is 4.79 Å². The first-order valence-corrected chi connectivity index (χ1v) is 8.52. The van der Waals surface area contributed by atoms with Crippen molar-refractivity contribution >= 4 is 11.6 Å². The lowest BCUT2D eigenvalue weighted by molar-refractivity contribution is -0.135. The molecular formula is C18H26N2O2. The van der Waals surface area contributed by atoms with Crippen LogP contribution in [-0.2, 0) is 16.0 Å². The van der Waals surface area contributed by atoms with E-state index in [9.17, 15) is 4.79 Å². The number of carbonyl (C=O) groups excluding carboxylic acids is 1. The molecule has 0 aliphatic carbocycles. The first-order valence-electron chi connectivity index (χ1n) is 8.52. The Morgan fingerprint density at radius 3 is 2.32 bits per heavy atom. The summed E-state index contributed by atoms with van der Waals surface area (Å²) < 4.78 is 5.28. The van der Waals surface area contributed by atoms with E-state index in [0.29, 0.717) is 19.6 Å². The Balaban J connectivity index is 1.49. The third-order valence-electron chi connectivity index (χ3n) is 4.65. The first-order chi connectivity index (χ1) is 10.8. The predicted molar refractivity (Wildman–Crippen MR) is 88.2 cm³/mol. The summed E-state index contributed by atoms with van der Waals surface area (Å²) in [5, 5.41) is 0. The number of hydrogen-bond donors (Lipinski definition) is 0. The van der Waals surface area contributed by atoms with E-state index in [0.717, 1.165) is 19.5 Å². The molecule has 3 rings (SSSR count). The molecule has 2 fully saturated rings. The van der Waals surface area contributed by atoms with E-state index in [1.54, 1.807) is 0 Å². The number of carbonyl (C=O) groups is 1. The monoisotopic (exact) mass is 302 g/mol. The van der Waals surface area contributed by atoms with E-state index in [4.69, 9.17) is 4.74 Å². The van der Waals surface area contributed by atoms with Crippen molar-refractivity contribution in [1.82, 2.24) is 4.90 Å². The number of morpholine rings is 1. The number of hydrogen-bond acceptors (Lipinski definition) is 3. The molecule has 4 heteroatoms. The van der Waals surface area contributed by atoms with Crippen molar-refractivity contribution in [3.63, 3.8) is 0 Å². The zero-order valence-corrected chi connectivity index (χ0v) is 13.3. The third-order valence-corrected chi connectivity index (χ3v) is 4.65. The van der Waals surface area contributed by atoms with E-state index in [1.807, 2.05) is 4.90 Å². The van der Waals surface area contributed by atoms with Gasteiger partial charge in [-0.1, -0.05) is 12.1 Å². The number of ether oxygens (including phenoxy) is 1. The second-order valence-electron chi connectivity index (χ2n) is 6.21. The largest absolute Gasteiger partial charge is 0.378 e. The molecule has 2 heterocycles. The summed E-state index contributed by atoms with van der Waals surface area (Å²) in [6, 6.07) is 8.77. The molecule has 2 aliphatic rings. The Kier molecular flexibility index (Phi) is 5.33. The van der Waals surface area contributed by atoms with Gasteiger partial charge in [-0.2, -0.15) is 0 Å². The van der Waals surface area contributed by atoms with Crippen LogP contribution in [0.2, 0.25) is 0 Å². The van der Waals surface area contributed by atoms with Crippen LogP contribution in [0.15, 0.2) is 24.3 Å². The van der Waals surface area contributed by atoms with E-state index in [1.165, 1.54) is 43.6 Å². The molecule has 4 nitrogen and oxygen atoms in total. The van der Waals surface area contributed by atoms with Crippen LogP contribution >= 0.6 is 0 Å². The topological polar surface area (TPSA) is 32.8 Å². The lowest BCUT2D eigenvalue weighted by Gasteiger charge is -2.29. The summed E-state index contributed by atoms with van der Waals surface area (Å²) >= 11 is 0. The van der Waals surface area contributed by atoms with Gasteiger partial charge in [0, 0.05) is 38.3 Å². The van der Waals surface area contributed by atoms with Crippen LogP contribution in [0, 0.1) is 0 Å². The highest BCUT2D eigenvalue weighted by Gasteiger charge is 2.16. The SMILES string of the molecule is O=C(CCc1ccc(N2CCCCC2)cc1)N1CCOCC1. The minimum absolute atomic E-state index is 0.253. The molecule has 1 aromatic rings. The molecule has 0 bridgehead atoms. The van der Waals surface area contributed by atoms with Gasteiger partial charge < -0.3 is 14.5 Å². The van der Waals surface area contributed by atoms with Crippen molar-refractivity contribution < 1.29 is 9.53 Å². The van der Waals surface area contributed by atoms with Crippen LogP contribution in [0.3, 0.4) is 0 Å². The summed E-state index contributed by atoms with van der Waals surface area (Å²) in [7, 11) is 0. The molecule has 0 saturated carbocycles. The highest BCUT2D eigenvalue weighted by atomic mass is 16.5. The van der Waals surface area contributed by atoms with E-state index in [-0.39, 0.29) is 5.91 Å². The summed E-state index contributed by atoms with van der Waals surface area (Å²) in [6.45, 7) is 5.19. The smallest absolute Gasteiger partial charge is 0.223 e. The zero-order valence-electron chi connectivity index (χ0n) is 13.3. The normalized spacial score (nSPS) is 19.3. The molecule has 0 aromatic heterocycles. The van der Waals surface area contributed by atoms with Crippen LogP contribution in [-0.4, -0.2) is 50.2 Å². The van der Waals surface area contributed by atoms with Gasteiger partial charge in [-0.25, -0.2) is 0 Å². The van der Waals surface area contributed by atoms with E-state index >= 15 is 0 Å². The number of nitrogens with zero attached hydrogens (tertiary/aromatic N) is 2. The number of amides is 1. The second kappa shape index (κ2) is 7.63. The fourth-order valence-electron chi connectivity index (χ4n) is 3.25. The van der Waals surface area contributed by atoms with Crippen molar-refractivity contribution in [2.24, 2.45) is 0 Å². The molecule has 0 unspecified atom stereocenters. The van der Waals surface area contributed by atoms with Gasteiger partial charge in [-0.15, -0.1) is 0 Å². The molecule has 22 heavy (non-hydrogen) atoms. The van der Waals surface area contributed by atoms with Crippen LogP contribution in [0.5, 0.6) is 0 Å². The molecule has 2 aliphatic heterocycles. The average molecular weight is 302 g/mol. The molecule has 0 N–H and O–H groups in total. The van der Waals surface area contributed by atoms with Gasteiger partial charge >= 0.3 is 0 Å². The van der Waals surface area contributed by atoms with Crippen molar-refractivity contribution in [1.29, 1.82) is 0 Å². The first kappa shape index (κ1) is 15.3. The lowest BCUT2D eigenvalue weighted by Crippen LogP contribution is -2.40. The second-order valence-corrected chi connectivity index (χ2v) is 6.21. The summed E-state index contributed by atoms with van der Waals surface area (Å²) in [6.07, 6.45) is 5.39. The van der Waals surface area contributed by atoms with E-state index < -0.39 is 0 Å². The standard InChI is InChI=1S/C18H26N2O2/c21-18(20-12-14-22-15-13-20)9-6-16-4-7-17(8-5-16)19-10-2-1-3-11-19/h4-5,7-8H,1-3,6,9-15H2. The fraction of sp³-hybridized carbons (Fsp3) is 0.611. The highest BCUT2D eigenvalue weighted by Crippen LogP contribution is 2.20. The quantitative estimate of drug-likeness (QED) is 0.856. The van der Waals surface area contributed by atoms with Gasteiger partial charge in [0.2, 0.25) is 5.91 Å². The van der Waals surface area contributed by atoms with Gasteiger partial charge in [0.1, 0.15) is 0 Å². The van der Waals surface area contributed by atoms with Gasteiger partial charge in [0.15, 0.2) is 0 Å². The zero-order chi connectivity index (χ0) is 15.2. The molecule has 1 aromatic carbocycles. The van der Waals surface area contributed by atoms with Crippen molar-refractivity contribution in [3.05, 3.63) is 29.8 Å². The van der Waals surface area contributed by atoms with Gasteiger partial charge in [0.05, 0.1) is 13.2 Å². The Labute approximate surface area is 133 Å². The Morgan fingerprint density at radius 2 is 1.64 bits per heavy atom. The molecule has 0 radical (unpaired) electrons. The van der Waals surface area contributed by atoms with E-state index in [2.05, 4.69) is 29.2 Å². The van der Waals surface area contributed by atoms with Crippen molar-refractivity contribution in [2.45, 2.75) is 32.1 Å².